The van der Waals surface area contributed by atoms with Crippen LogP contribution in [0.2, 0.25) is 0 Å². The largest absolute Gasteiger partial charge is 0.496 e. The number of para-hydroxylation sites is 1. The van der Waals surface area contributed by atoms with Crippen molar-refractivity contribution < 1.29 is 23.5 Å². The molecule has 2 aliphatic heterocycles. The summed E-state index contributed by atoms with van der Waals surface area (Å²) in [7, 11) is 1.54. The van der Waals surface area contributed by atoms with Crippen molar-refractivity contribution in [3.63, 3.8) is 0 Å². The van der Waals surface area contributed by atoms with Crippen LogP contribution in [0.1, 0.15) is 68.5 Å². The highest BCUT2D eigenvalue weighted by atomic mass is 19.1. The van der Waals surface area contributed by atoms with Crippen LogP contribution in [-0.2, 0) is 19.8 Å². The van der Waals surface area contributed by atoms with Gasteiger partial charge in [0, 0.05) is 31.0 Å². The van der Waals surface area contributed by atoms with E-state index in [1.165, 1.54) is 24.1 Å². The summed E-state index contributed by atoms with van der Waals surface area (Å²) in [4.78, 5) is 44.4. The second kappa shape index (κ2) is 9.44. The Labute approximate surface area is 205 Å². The monoisotopic (exact) mass is 478 g/mol. The molecule has 5 rings (SSSR count). The Bertz CT molecular complexity index is 1130. The molecule has 35 heavy (non-hydrogen) atoms. The van der Waals surface area contributed by atoms with Crippen molar-refractivity contribution in [2.75, 3.05) is 13.7 Å². The van der Waals surface area contributed by atoms with Crippen LogP contribution < -0.4 is 4.74 Å². The Balaban J connectivity index is 1.50. The lowest BCUT2D eigenvalue weighted by molar-refractivity contribution is -0.145. The molecule has 0 unspecified atom stereocenters. The van der Waals surface area contributed by atoms with E-state index in [0.29, 0.717) is 17.9 Å². The van der Waals surface area contributed by atoms with Gasteiger partial charge in [0.05, 0.1) is 18.6 Å². The van der Waals surface area contributed by atoms with Crippen LogP contribution >= 0.6 is 0 Å². The first-order valence-corrected chi connectivity index (χ1v) is 12.5. The molecule has 3 amide bonds. The molecule has 2 aromatic rings. The molecule has 0 N–H and O–H groups in total. The molecule has 6 nitrogen and oxygen atoms in total. The first-order chi connectivity index (χ1) is 16.9. The fourth-order valence-electron chi connectivity index (χ4n) is 6.23. The number of hydrogen-bond donors (Lipinski definition) is 0. The lowest BCUT2D eigenvalue weighted by Crippen LogP contribution is -2.46. The average molecular weight is 479 g/mol. The predicted molar refractivity (Wildman–Crippen MR) is 128 cm³/mol. The molecule has 0 bridgehead atoms. The van der Waals surface area contributed by atoms with E-state index >= 15 is 0 Å². The van der Waals surface area contributed by atoms with Gasteiger partial charge in [0.25, 0.3) is 0 Å². The van der Waals surface area contributed by atoms with Crippen molar-refractivity contribution in [3.05, 3.63) is 65.5 Å². The van der Waals surface area contributed by atoms with Gasteiger partial charge in [-0.15, -0.1) is 0 Å². The van der Waals surface area contributed by atoms with E-state index in [9.17, 15) is 18.8 Å². The van der Waals surface area contributed by atoms with Crippen LogP contribution in [0.3, 0.4) is 0 Å². The third kappa shape index (κ3) is 4.11. The van der Waals surface area contributed by atoms with E-state index in [1.54, 1.807) is 29.2 Å². The first-order valence-electron chi connectivity index (χ1n) is 12.5. The molecule has 2 atom stereocenters. The molecule has 1 aliphatic carbocycles. The van der Waals surface area contributed by atoms with Gasteiger partial charge in [-0.1, -0.05) is 43.2 Å². The highest BCUT2D eigenvalue weighted by Crippen LogP contribution is 2.47. The molecule has 0 spiro atoms. The molecule has 0 aromatic heterocycles. The molecular formula is C28H31FN2O4. The Kier molecular flexibility index (Phi) is 6.34. The van der Waals surface area contributed by atoms with Crippen molar-refractivity contribution in [1.29, 1.82) is 0 Å². The van der Waals surface area contributed by atoms with Crippen molar-refractivity contribution >= 4 is 17.7 Å². The smallest absolute Gasteiger partial charge is 0.241 e. The fraction of sp³-hybridized carbons (Fsp3) is 0.464. The molecule has 184 valence electrons. The first kappa shape index (κ1) is 23.5. The summed E-state index contributed by atoms with van der Waals surface area (Å²) in [6.45, 7) is 0.567. The van der Waals surface area contributed by atoms with Gasteiger partial charge in [0.2, 0.25) is 17.7 Å². The maximum Gasteiger partial charge on any atom is 0.241 e. The summed E-state index contributed by atoms with van der Waals surface area (Å²) in [6, 6.07) is 13.2. The standard InChI is InChI=1S/C28H31FN2O4/c1-35-24-11-5-4-9-22(24)28(18-26(33)31(27(28)34)21-7-2-3-8-21)17-25(32)30-16-6-10-23(30)19-12-14-20(29)15-13-19/h4-5,9,11-15,21,23H,2-3,6-8,10,16-18H2,1H3/t23-,28-/m0/s1. The minimum absolute atomic E-state index is 0.0382. The van der Waals surface area contributed by atoms with Gasteiger partial charge in [-0.2, -0.15) is 0 Å². The number of rotatable bonds is 6. The normalized spacial score (nSPS) is 25.0. The molecule has 2 saturated heterocycles. The zero-order valence-corrected chi connectivity index (χ0v) is 20.0. The molecule has 3 aliphatic rings. The summed E-state index contributed by atoms with van der Waals surface area (Å²) >= 11 is 0. The zero-order chi connectivity index (χ0) is 24.6. The minimum Gasteiger partial charge on any atom is -0.496 e. The number of hydrogen-bond acceptors (Lipinski definition) is 4. The van der Waals surface area contributed by atoms with Gasteiger partial charge in [0.1, 0.15) is 11.6 Å². The topological polar surface area (TPSA) is 66.9 Å². The van der Waals surface area contributed by atoms with Gasteiger partial charge in [-0.05, 0) is 49.4 Å². The van der Waals surface area contributed by atoms with E-state index in [2.05, 4.69) is 0 Å². The number of ether oxygens (including phenoxy) is 1. The summed E-state index contributed by atoms with van der Waals surface area (Å²) in [5, 5.41) is 0. The summed E-state index contributed by atoms with van der Waals surface area (Å²) in [5.41, 5.74) is 0.177. The summed E-state index contributed by atoms with van der Waals surface area (Å²) in [5.74, 6) is -0.480. The average Bonchev–Trinajstić information content (AvgIpc) is 3.60. The number of imide groups is 1. The van der Waals surface area contributed by atoms with E-state index in [4.69, 9.17) is 4.74 Å². The van der Waals surface area contributed by atoms with E-state index < -0.39 is 5.41 Å². The van der Waals surface area contributed by atoms with E-state index in [1.807, 2.05) is 12.1 Å². The summed E-state index contributed by atoms with van der Waals surface area (Å²) < 4.78 is 19.1. The van der Waals surface area contributed by atoms with E-state index in [-0.39, 0.29) is 48.5 Å². The molecule has 0 radical (unpaired) electrons. The number of likely N-dealkylation sites (tertiary alicyclic amines) is 2. The Morgan fingerprint density at radius 3 is 2.46 bits per heavy atom. The second-order valence-electron chi connectivity index (χ2n) is 9.94. The number of amides is 3. The lowest BCUT2D eigenvalue weighted by atomic mass is 9.75. The number of benzene rings is 2. The number of carbonyl (C=O) groups is 3. The quantitative estimate of drug-likeness (QED) is 0.573. The Morgan fingerprint density at radius 1 is 1.03 bits per heavy atom. The molecule has 2 aromatic carbocycles. The van der Waals surface area contributed by atoms with Crippen LogP contribution in [0.25, 0.3) is 0 Å². The van der Waals surface area contributed by atoms with Crippen molar-refractivity contribution in [2.24, 2.45) is 0 Å². The van der Waals surface area contributed by atoms with Crippen LogP contribution in [0.15, 0.2) is 48.5 Å². The van der Waals surface area contributed by atoms with Gasteiger partial charge in [-0.3, -0.25) is 19.3 Å². The highest BCUT2D eigenvalue weighted by molar-refractivity contribution is 6.11. The van der Waals surface area contributed by atoms with Crippen molar-refractivity contribution in [1.82, 2.24) is 9.80 Å². The number of halogens is 1. The van der Waals surface area contributed by atoms with E-state index in [0.717, 1.165) is 44.1 Å². The number of nitrogens with zero attached hydrogens (tertiary/aromatic N) is 2. The molecule has 2 heterocycles. The Hall–Kier alpha value is -3.22. The third-order valence-corrected chi connectivity index (χ3v) is 7.94. The van der Waals surface area contributed by atoms with Crippen LogP contribution in [0, 0.1) is 5.82 Å². The van der Waals surface area contributed by atoms with Gasteiger partial charge in [0.15, 0.2) is 0 Å². The molecular weight excluding hydrogens is 447 g/mol. The minimum atomic E-state index is -1.29. The van der Waals surface area contributed by atoms with Crippen molar-refractivity contribution in [3.8, 4) is 5.75 Å². The number of carbonyl (C=O) groups excluding carboxylic acids is 3. The Morgan fingerprint density at radius 2 is 1.74 bits per heavy atom. The third-order valence-electron chi connectivity index (χ3n) is 7.94. The van der Waals surface area contributed by atoms with Crippen LogP contribution in [0.4, 0.5) is 4.39 Å². The lowest BCUT2D eigenvalue weighted by Gasteiger charge is -2.33. The maximum absolute atomic E-state index is 14.1. The zero-order valence-electron chi connectivity index (χ0n) is 20.0. The second-order valence-corrected chi connectivity index (χ2v) is 9.94. The van der Waals surface area contributed by atoms with Gasteiger partial charge in [-0.25, -0.2) is 4.39 Å². The van der Waals surface area contributed by atoms with Crippen molar-refractivity contribution in [2.45, 2.75) is 68.9 Å². The van der Waals surface area contributed by atoms with Gasteiger partial charge >= 0.3 is 0 Å². The fourth-order valence-corrected chi connectivity index (χ4v) is 6.23. The molecule has 3 fully saturated rings. The van der Waals surface area contributed by atoms with Crippen LogP contribution in [0.5, 0.6) is 5.75 Å². The summed E-state index contributed by atoms with van der Waals surface area (Å²) in [6.07, 6.45) is 5.09. The maximum atomic E-state index is 14.1. The number of methoxy groups -OCH3 is 1. The predicted octanol–water partition coefficient (Wildman–Crippen LogP) is 4.53. The highest BCUT2D eigenvalue weighted by Gasteiger charge is 2.57. The van der Waals surface area contributed by atoms with Crippen LogP contribution in [-0.4, -0.2) is 47.2 Å². The SMILES string of the molecule is COc1ccccc1[C@]1(CC(=O)N2CCC[C@H]2c2ccc(F)cc2)CC(=O)N(C2CCCC2)C1=O. The molecule has 7 heteroatoms. The molecule has 1 saturated carbocycles. The van der Waals surface area contributed by atoms with Gasteiger partial charge < -0.3 is 9.64 Å².